The quantitative estimate of drug-likeness (QED) is 0.439. The van der Waals surface area contributed by atoms with Crippen molar-refractivity contribution in [1.29, 1.82) is 0 Å². The molecule has 2 fully saturated rings. The summed E-state index contributed by atoms with van der Waals surface area (Å²) in [5.41, 5.74) is 2.26. The van der Waals surface area contributed by atoms with Crippen LogP contribution in [0, 0.1) is 0 Å². The van der Waals surface area contributed by atoms with Crippen molar-refractivity contribution in [2.24, 2.45) is 0 Å². The minimum absolute atomic E-state index is 0.0382. The highest BCUT2D eigenvalue weighted by atomic mass is 35.5. The Hall–Kier alpha value is -2.80. The maximum Gasteiger partial charge on any atom is 0.233 e. The number of carbonyl (C=O) groups excluding carboxylic acids is 1. The number of benzene rings is 1. The molecule has 0 radical (unpaired) electrons. The first-order valence-corrected chi connectivity index (χ1v) is 14.3. The SMILES string of the molecule is CN1CCCCC(C)(c2ccc(Cl)cc2)C(=O)N2CCCCC2c2cc3nc(N4CCCC4)cc1n3n2. The van der Waals surface area contributed by atoms with Crippen molar-refractivity contribution in [2.45, 2.75) is 69.7 Å². The molecule has 1 amide bonds. The van der Waals surface area contributed by atoms with E-state index in [1.165, 1.54) is 12.8 Å². The van der Waals surface area contributed by atoms with Gasteiger partial charge in [0.2, 0.25) is 5.91 Å². The standard InChI is InChI=1S/C29H37ClN6O/c1-29(21-10-12-22(30)13-11-21)14-4-6-15-33(2)27-20-25(34-16-7-8-17-34)31-26-19-23(32-36(26)27)24-9-3-5-18-35(24)28(29)37/h10-13,19-20,24H,3-9,14-18H2,1-2H3. The third-order valence-electron chi connectivity index (χ3n) is 8.71. The Labute approximate surface area is 224 Å². The first-order valence-electron chi connectivity index (χ1n) is 13.9. The van der Waals surface area contributed by atoms with Crippen LogP contribution in [0.25, 0.3) is 5.65 Å². The first kappa shape index (κ1) is 24.5. The number of nitrogens with zero attached hydrogens (tertiary/aromatic N) is 6. The van der Waals surface area contributed by atoms with Gasteiger partial charge in [0.25, 0.3) is 0 Å². The van der Waals surface area contributed by atoms with Gasteiger partial charge in [-0.1, -0.05) is 30.2 Å². The molecule has 8 heteroatoms. The molecule has 3 aromatic rings. The van der Waals surface area contributed by atoms with E-state index in [1.807, 2.05) is 28.8 Å². The smallest absolute Gasteiger partial charge is 0.233 e. The highest BCUT2D eigenvalue weighted by Crippen LogP contribution is 2.39. The molecule has 37 heavy (non-hydrogen) atoms. The summed E-state index contributed by atoms with van der Waals surface area (Å²) in [7, 11) is 2.15. The van der Waals surface area contributed by atoms with E-state index in [1.54, 1.807) is 0 Å². The maximum atomic E-state index is 14.4. The molecule has 0 spiro atoms. The van der Waals surface area contributed by atoms with Crippen LogP contribution in [0.3, 0.4) is 0 Å². The monoisotopic (exact) mass is 520 g/mol. The van der Waals surface area contributed by atoms with Crippen molar-refractivity contribution < 1.29 is 4.79 Å². The van der Waals surface area contributed by atoms with Gasteiger partial charge >= 0.3 is 0 Å². The topological polar surface area (TPSA) is 57.0 Å². The summed E-state index contributed by atoms with van der Waals surface area (Å²) >= 11 is 6.22. The molecule has 196 valence electrons. The largest absolute Gasteiger partial charge is 0.359 e. The third kappa shape index (κ3) is 4.45. The number of hydrogen-bond acceptors (Lipinski definition) is 5. The zero-order valence-corrected chi connectivity index (χ0v) is 22.8. The number of piperidine rings is 1. The molecule has 1 aromatic carbocycles. The fraction of sp³-hybridized carbons (Fsp3) is 0.552. The highest BCUT2D eigenvalue weighted by Gasteiger charge is 2.42. The number of fused-ring (bicyclic) bond motifs is 3. The normalized spacial score (nSPS) is 25.2. The van der Waals surface area contributed by atoms with Gasteiger partial charge in [0.05, 0.1) is 17.2 Å². The van der Waals surface area contributed by atoms with Gasteiger partial charge in [-0.25, -0.2) is 4.98 Å². The molecule has 5 heterocycles. The molecule has 3 aliphatic rings. The number of hydrogen-bond donors (Lipinski definition) is 0. The van der Waals surface area contributed by atoms with Gasteiger partial charge in [-0.2, -0.15) is 9.61 Å². The molecule has 2 unspecified atom stereocenters. The average Bonchev–Trinajstić information content (AvgIpc) is 3.60. The molecular formula is C29H37ClN6O. The Morgan fingerprint density at radius 1 is 0.946 bits per heavy atom. The molecule has 7 nitrogen and oxygen atoms in total. The lowest BCUT2D eigenvalue weighted by Crippen LogP contribution is -2.48. The summed E-state index contributed by atoms with van der Waals surface area (Å²) in [6.45, 7) is 5.90. The second-order valence-corrected chi connectivity index (χ2v) is 11.7. The van der Waals surface area contributed by atoms with E-state index >= 15 is 0 Å². The number of carbonyl (C=O) groups is 1. The Kier molecular flexibility index (Phi) is 6.51. The maximum absolute atomic E-state index is 14.4. The van der Waals surface area contributed by atoms with Crippen molar-refractivity contribution >= 4 is 34.8 Å². The summed E-state index contributed by atoms with van der Waals surface area (Å²) in [6, 6.07) is 12.2. The van der Waals surface area contributed by atoms with Crippen molar-refractivity contribution in [3.05, 3.63) is 52.7 Å². The average molecular weight is 521 g/mol. The molecule has 0 aliphatic carbocycles. The number of aromatic nitrogens is 3. The molecule has 2 atom stereocenters. The summed E-state index contributed by atoms with van der Waals surface area (Å²) in [6.07, 6.45) is 8.24. The van der Waals surface area contributed by atoms with Crippen LogP contribution in [0.4, 0.5) is 11.6 Å². The second kappa shape index (κ2) is 9.82. The Morgan fingerprint density at radius 3 is 2.46 bits per heavy atom. The number of halogens is 1. The lowest BCUT2D eigenvalue weighted by Gasteiger charge is -2.41. The van der Waals surface area contributed by atoms with Crippen LogP contribution in [0.15, 0.2) is 36.4 Å². The minimum atomic E-state index is -0.602. The van der Waals surface area contributed by atoms with E-state index < -0.39 is 5.41 Å². The Morgan fingerprint density at radius 2 is 1.68 bits per heavy atom. The van der Waals surface area contributed by atoms with Gasteiger partial charge in [0.15, 0.2) is 5.65 Å². The predicted molar refractivity (Wildman–Crippen MR) is 149 cm³/mol. The summed E-state index contributed by atoms with van der Waals surface area (Å²) < 4.78 is 2.00. The van der Waals surface area contributed by atoms with E-state index in [0.717, 1.165) is 93.2 Å². The Balaban J connectivity index is 1.45. The van der Waals surface area contributed by atoms with Crippen LogP contribution in [-0.2, 0) is 10.2 Å². The molecule has 0 N–H and O–H groups in total. The molecule has 3 aliphatic heterocycles. The summed E-state index contributed by atoms with van der Waals surface area (Å²) in [5, 5.41) is 5.81. The zero-order chi connectivity index (χ0) is 25.6. The predicted octanol–water partition coefficient (Wildman–Crippen LogP) is 5.61. The van der Waals surface area contributed by atoms with Gasteiger partial charge in [0.1, 0.15) is 11.6 Å². The zero-order valence-electron chi connectivity index (χ0n) is 22.0. The van der Waals surface area contributed by atoms with Crippen molar-refractivity contribution in [1.82, 2.24) is 19.5 Å². The summed E-state index contributed by atoms with van der Waals surface area (Å²) in [4.78, 5) is 26.3. The summed E-state index contributed by atoms with van der Waals surface area (Å²) in [5.74, 6) is 2.32. The van der Waals surface area contributed by atoms with Gasteiger partial charge in [0, 0.05) is 50.4 Å². The van der Waals surface area contributed by atoms with Gasteiger partial charge < -0.3 is 14.7 Å². The molecule has 2 saturated heterocycles. The Bertz CT molecular complexity index is 1280. The molecule has 6 rings (SSSR count). The van der Waals surface area contributed by atoms with Crippen LogP contribution < -0.4 is 9.80 Å². The van der Waals surface area contributed by atoms with Gasteiger partial charge in [-0.05, 0) is 69.6 Å². The van der Waals surface area contributed by atoms with Crippen LogP contribution in [0.1, 0.15) is 75.6 Å². The lowest BCUT2D eigenvalue weighted by molar-refractivity contribution is -0.141. The van der Waals surface area contributed by atoms with Crippen molar-refractivity contribution in [2.75, 3.05) is 43.0 Å². The van der Waals surface area contributed by atoms with Crippen LogP contribution in [-0.4, -0.2) is 58.6 Å². The molecular weight excluding hydrogens is 484 g/mol. The first-order chi connectivity index (χ1) is 17.9. The van der Waals surface area contributed by atoms with Crippen LogP contribution in [0.5, 0.6) is 0 Å². The fourth-order valence-corrected chi connectivity index (χ4v) is 6.57. The van der Waals surface area contributed by atoms with Crippen molar-refractivity contribution in [3.8, 4) is 0 Å². The van der Waals surface area contributed by atoms with Gasteiger partial charge in [-0.3, -0.25) is 4.79 Å². The second-order valence-electron chi connectivity index (χ2n) is 11.2. The number of anilines is 2. The van der Waals surface area contributed by atoms with E-state index in [9.17, 15) is 4.79 Å². The lowest BCUT2D eigenvalue weighted by atomic mass is 9.76. The number of rotatable bonds is 2. The van der Waals surface area contributed by atoms with Crippen LogP contribution in [0.2, 0.25) is 5.02 Å². The fourth-order valence-electron chi connectivity index (χ4n) is 6.44. The van der Waals surface area contributed by atoms with E-state index in [4.69, 9.17) is 21.7 Å². The highest BCUT2D eigenvalue weighted by molar-refractivity contribution is 6.30. The van der Waals surface area contributed by atoms with E-state index in [0.29, 0.717) is 5.02 Å². The minimum Gasteiger partial charge on any atom is -0.359 e. The molecule has 2 bridgehead atoms. The molecule has 0 saturated carbocycles. The molecule has 2 aromatic heterocycles. The van der Waals surface area contributed by atoms with Gasteiger partial charge in [-0.15, -0.1) is 0 Å². The van der Waals surface area contributed by atoms with Crippen molar-refractivity contribution in [3.63, 3.8) is 0 Å². The number of amides is 1. The van der Waals surface area contributed by atoms with E-state index in [-0.39, 0.29) is 11.9 Å². The third-order valence-corrected chi connectivity index (χ3v) is 8.97. The van der Waals surface area contributed by atoms with Crippen LogP contribution >= 0.6 is 11.6 Å². The van der Waals surface area contributed by atoms with E-state index in [2.05, 4.69) is 40.8 Å².